The van der Waals surface area contributed by atoms with Crippen LogP contribution in [-0.2, 0) is 0 Å². The van der Waals surface area contributed by atoms with E-state index in [-0.39, 0.29) is 0 Å². The van der Waals surface area contributed by atoms with Crippen molar-refractivity contribution in [2.24, 2.45) is 0 Å². The summed E-state index contributed by atoms with van der Waals surface area (Å²) in [7, 11) is 5.56. The fourth-order valence-corrected chi connectivity index (χ4v) is 0.666. The minimum Gasteiger partial charge on any atom is -0.0923 e. The molecule has 0 atom stereocenters. The molecule has 0 saturated carbocycles. The highest BCUT2D eigenvalue weighted by molar-refractivity contribution is 6.32. The van der Waals surface area contributed by atoms with Gasteiger partial charge in [-0.25, -0.2) is 0 Å². The molecule has 1 rings (SSSR count). The molecular weight excluding hydrogens is 107 g/mol. The molecule has 0 nitrogen and oxygen atoms in total. The molecule has 0 amide bonds. The highest BCUT2D eigenvalue weighted by Gasteiger charge is 1.82. The molecule has 0 saturated heterocycles. The van der Waals surface area contributed by atoms with Crippen molar-refractivity contribution in [3.05, 3.63) is 28.6 Å². The second kappa shape index (κ2) is 2.10. The van der Waals surface area contributed by atoms with E-state index in [1.54, 1.807) is 0 Å². The summed E-state index contributed by atoms with van der Waals surface area (Å²) in [5.74, 6) is 0. The lowest BCUT2D eigenvalue weighted by Gasteiger charge is -1.91. The van der Waals surface area contributed by atoms with Gasteiger partial charge < -0.3 is 0 Å². The Morgan fingerprint density at radius 2 is 2.22 bits per heavy atom. The van der Waals surface area contributed by atoms with E-state index in [0.717, 1.165) is 10.4 Å². The number of hydrogen-bond acceptors (Lipinski definition) is 0. The molecule has 0 aliphatic heterocycles. The molecule has 0 bridgehead atoms. The van der Waals surface area contributed by atoms with E-state index in [2.05, 4.69) is 13.2 Å². The third kappa shape index (κ3) is 1.05. The summed E-state index contributed by atoms with van der Waals surface area (Å²) in [5, 5.41) is 1.70. The van der Waals surface area contributed by atoms with Gasteiger partial charge in [-0.05, 0) is 10.4 Å². The van der Waals surface area contributed by atoms with Crippen molar-refractivity contribution in [2.75, 3.05) is 0 Å². The van der Waals surface area contributed by atoms with Crippen molar-refractivity contribution in [1.82, 2.24) is 0 Å². The molecule has 1 aromatic carbocycles. The van der Waals surface area contributed by atoms with Crippen molar-refractivity contribution in [3.8, 4) is 0 Å². The number of benzene rings is 1. The van der Waals surface area contributed by atoms with Crippen LogP contribution in [0.1, 0.15) is 0 Å². The highest BCUT2D eigenvalue weighted by Crippen LogP contribution is 1.61. The summed E-state index contributed by atoms with van der Waals surface area (Å²) >= 11 is 0. The zero-order valence-electron chi connectivity index (χ0n) is 5.22. The SMILES string of the molecule is [B][c+]1c(=C)cc[cH-]c1=C. The Labute approximate surface area is 55.9 Å². The molecule has 2 radical (unpaired) electrons. The average Bonchev–Trinajstić information content (AvgIpc) is 1.83. The summed E-state index contributed by atoms with van der Waals surface area (Å²) in [6.07, 6.45) is 0. The van der Waals surface area contributed by atoms with Gasteiger partial charge in [-0.2, -0.15) is 0 Å². The van der Waals surface area contributed by atoms with Crippen LogP contribution in [0.3, 0.4) is 0 Å². The largest absolute Gasteiger partial charge is 0.115 e. The van der Waals surface area contributed by atoms with Crippen LogP contribution in [0.15, 0.2) is 18.2 Å². The standard InChI is InChI=1S/C8H7B/c1-6-4-3-5-7(2)8(6)9/h3-5H,1-2H2. The van der Waals surface area contributed by atoms with E-state index >= 15 is 0 Å². The third-order valence-electron chi connectivity index (χ3n) is 1.29. The second-order valence-electron chi connectivity index (χ2n) is 1.99. The maximum atomic E-state index is 5.56. The lowest BCUT2D eigenvalue weighted by molar-refractivity contribution is 1.63. The quantitative estimate of drug-likeness (QED) is 0.309. The van der Waals surface area contributed by atoms with E-state index < -0.39 is 0 Å². The minimum atomic E-state index is 0.692. The first kappa shape index (κ1) is 6.15. The molecule has 0 aromatic heterocycles. The smallest absolute Gasteiger partial charge is 0.0923 e. The molecular formula is C8H7B. The van der Waals surface area contributed by atoms with Crippen LogP contribution >= 0.6 is 0 Å². The Kier molecular flexibility index (Phi) is 1.43. The predicted molar refractivity (Wildman–Crippen MR) is 42.1 cm³/mol. The lowest BCUT2D eigenvalue weighted by atomic mass is 9.92. The van der Waals surface area contributed by atoms with Crippen molar-refractivity contribution in [2.45, 2.75) is 0 Å². The molecule has 1 heteroatoms. The third-order valence-corrected chi connectivity index (χ3v) is 1.29. The summed E-state index contributed by atoms with van der Waals surface area (Å²) in [6.45, 7) is 7.43. The topological polar surface area (TPSA) is 0 Å². The Morgan fingerprint density at radius 1 is 1.56 bits per heavy atom. The Hall–Kier alpha value is -0.975. The van der Waals surface area contributed by atoms with Crippen LogP contribution in [0.4, 0.5) is 0 Å². The molecule has 0 aliphatic rings. The maximum Gasteiger partial charge on any atom is 0.115 e. The first-order valence-electron chi connectivity index (χ1n) is 2.74. The zero-order valence-corrected chi connectivity index (χ0v) is 5.22. The van der Waals surface area contributed by atoms with Gasteiger partial charge >= 0.3 is 0 Å². The fourth-order valence-electron chi connectivity index (χ4n) is 0.666. The lowest BCUT2D eigenvalue weighted by Crippen LogP contribution is -2.36. The van der Waals surface area contributed by atoms with Crippen LogP contribution in [0.5, 0.6) is 0 Å². The van der Waals surface area contributed by atoms with E-state index in [1.807, 2.05) is 18.2 Å². The maximum absolute atomic E-state index is 5.56. The molecule has 0 heterocycles. The van der Waals surface area contributed by atoms with Crippen LogP contribution in [0.2, 0.25) is 0 Å². The van der Waals surface area contributed by atoms with Crippen molar-refractivity contribution >= 4 is 26.5 Å². The first-order chi connectivity index (χ1) is 4.22. The van der Waals surface area contributed by atoms with E-state index in [0.29, 0.717) is 5.46 Å². The average molecular weight is 114 g/mol. The molecule has 0 N–H and O–H groups in total. The van der Waals surface area contributed by atoms with Gasteiger partial charge in [0.05, 0.1) is 0 Å². The van der Waals surface area contributed by atoms with Gasteiger partial charge in [0.15, 0.2) is 0 Å². The van der Waals surface area contributed by atoms with Gasteiger partial charge in [-0.3, -0.25) is 0 Å². The zero-order chi connectivity index (χ0) is 6.85. The van der Waals surface area contributed by atoms with Gasteiger partial charge in [0.25, 0.3) is 0 Å². The predicted octanol–water partition coefficient (Wildman–Crippen LogP) is -0.699. The van der Waals surface area contributed by atoms with Crippen LogP contribution < -0.4 is 15.9 Å². The van der Waals surface area contributed by atoms with Crippen LogP contribution in [0, 0.1) is 0 Å². The van der Waals surface area contributed by atoms with Gasteiger partial charge in [0, 0.05) is 0 Å². The normalized spacial score (nSPS) is 9.33. The Morgan fingerprint density at radius 3 is 2.67 bits per heavy atom. The van der Waals surface area contributed by atoms with Gasteiger partial charge in [0.1, 0.15) is 7.85 Å². The summed E-state index contributed by atoms with van der Waals surface area (Å²) < 4.78 is 0. The molecule has 42 valence electrons. The Balaban J connectivity index is 3.62. The van der Waals surface area contributed by atoms with Crippen LogP contribution in [-0.4, -0.2) is 7.85 Å². The minimum absolute atomic E-state index is 0.692. The second-order valence-corrected chi connectivity index (χ2v) is 1.99. The molecule has 0 fully saturated rings. The van der Waals surface area contributed by atoms with E-state index in [9.17, 15) is 0 Å². The first-order valence-corrected chi connectivity index (χ1v) is 2.74. The molecule has 0 unspecified atom stereocenters. The Bertz CT molecular complexity index is 273. The van der Waals surface area contributed by atoms with E-state index in [4.69, 9.17) is 7.85 Å². The number of hydrogen-bond donors (Lipinski definition) is 0. The summed E-state index contributed by atoms with van der Waals surface area (Å²) in [5.41, 5.74) is 0.692. The monoisotopic (exact) mass is 114 g/mol. The van der Waals surface area contributed by atoms with Crippen molar-refractivity contribution in [3.63, 3.8) is 0 Å². The van der Waals surface area contributed by atoms with E-state index in [1.165, 1.54) is 0 Å². The molecule has 0 aliphatic carbocycles. The van der Waals surface area contributed by atoms with Gasteiger partial charge in [-0.15, -0.1) is 0 Å². The molecule has 9 heavy (non-hydrogen) atoms. The van der Waals surface area contributed by atoms with Gasteiger partial charge in [-0.1, -0.05) is 36.8 Å². The summed E-state index contributed by atoms with van der Waals surface area (Å²) in [4.78, 5) is 0. The van der Waals surface area contributed by atoms with Crippen molar-refractivity contribution in [1.29, 1.82) is 0 Å². The van der Waals surface area contributed by atoms with Crippen LogP contribution in [0.25, 0.3) is 13.2 Å². The van der Waals surface area contributed by atoms with Gasteiger partial charge in [0.2, 0.25) is 0 Å². The fraction of sp³-hybridized carbons (Fsp3) is 0. The summed E-state index contributed by atoms with van der Waals surface area (Å²) in [6, 6.07) is 5.62. The highest BCUT2D eigenvalue weighted by atomic mass is 13.8. The van der Waals surface area contributed by atoms with Crippen molar-refractivity contribution < 1.29 is 0 Å². The molecule has 1 aromatic rings. The molecule has 0 spiro atoms. The number of rotatable bonds is 0.